The zero-order valence-corrected chi connectivity index (χ0v) is 11.1. The van der Waals surface area contributed by atoms with Crippen molar-refractivity contribution in [3.05, 3.63) is 52.5 Å². The van der Waals surface area contributed by atoms with Crippen molar-refractivity contribution < 1.29 is 4.74 Å². The Morgan fingerprint density at radius 2 is 1.89 bits per heavy atom. The third-order valence-electron chi connectivity index (χ3n) is 2.39. The monoisotopic (exact) mass is 302 g/mol. The fraction of sp³-hybridized carbons (Fsp3) is 0.0714. The number of nitriles is 1. The van der Waals surface area contributed by atoms with Gasteiger partial charge in [-0.2, -0.15) is 5.26 Å². The van der Waals surface area contributed by atoms with Crippen LogP contribution in [-0.4, -0.2) is 0 Å². The van der Waals surface area contributed by atoms with E-state index in [-0.39, 0.29) is 0 Å². The number of rotatable bonds is 3. The van der Waals surface area contributed by atoms with Gasteiger partial charge in [-0.3, -0.25) is 0 Å². The summed E-state index contributed by atoms with van der Waals surface area (Å²) in [5, 5.41) is 8.59. The zero-order valence-electron chi connectivity index (χ0n) is 9.56. The van der Waals surface area contributed by atoms with Gasteiger partial charge in [0.25, 0.3) is 0 Å². The van der Waals surface area contributed by atoms with Crippen LogP contribution in [0.15, 0.2) is 46.9 Å². The Hall–Kier alpha value is -1.99. The Kier molecular flexibility index (Phi) is 3.85. The zero-order chi connectivity index (χ0) is 13.0. The smallest absolute Gasteiger partial charge is 0.141 e. The Labute approximate surface area is 114 Å². The maximum Gasteiger partial charge on any atom is 0.141 e. The van der Waals surface area contributed by atoms with E-state index >= 15 is 0 Å². The van der Waals surface area contributed by atoms with Crippen molar-refractivity contribution in [2.75, 3.05) is 5.73 Å². The van der Waals surface area contributed by atoms with Crippen LogP contribution in [0.5, 0.6) is 11.5 Å². The molecule has 0 bridgehead atoms. The summed E-state index contributed by atoms with van der Waals surface area (Å²) in [4.78, 5) is 0. The van der Waals surface area contributed by atoms with E-state index in [0.717, 1.165) is 15.8 Å². The van der Waals surface area contributed by atoms with Gasteiger partial charge in [-0.1, -0.05) is 12.1 Å². The molecule has 0 saturated heterocycles. The van der Waals surface area contributed by atoms with E-state index in [0.29, 0.717) is 17.9 Å². The van der Waals surface area contributed by atoms with E-state index in [4.69, 9.17) is 15.7 Å². The van der Waals surface area contributed by atoms with Crippen LogP contribution in [0, 0.1) is 11.3 Å². The molecule has 0 spiro atoms. The molecule has 0 aromatic heterocycles. The average Bonchev–Trinajstić information content (AvgIpc) is 2.35. The van der Waals surface area contributed by atoms with Crippen LogP contribution in [-0.2, 0) is 6.42 Å². The number of ether oxygens (including phenoxy) is 1. The van der Waals surface area contributed by atoms with E-state index in [1.54, 1.807) is 12.1 Å². The van der Waals surface area contributed by atoms with E-state index in [1.807, 2.05) is 30.3 Å². The van der Waals surface area contributed by atoms with Crippen molar-refractivity contribution in [1.82, 2.24) is 0 Å². The largest absolute Gasteiger partial charge is 0.456 e. The van der Waals surface area contributed by atoms with E-state index in [9.17, 15) is 0 Å². The molecule has 2 N–H and O–H groups in total. The van der Waals surface area contributed by atoms with Crippen LogP contribution < -0.4 is 10.5 Å². The fourth-order valence-electron chi connectivity index (χ4n) is 1.49. The molecule has 0 amide bonds. The number of hydrogen-bond acceptors (Lipinski definition) is 3. The molecule has 0 saturated carbocycles. The Balaban J connectivity index is 2.16. The minimum atomic E-state index is 0.409. The highest BCUT2D eigenvalue weighted by atomic mass is 79.9. The van der Waals surface area contributed by atoms with Crippen molar-refractivity contribution in [3.8, 4) is 17.6 Å². The Morgan fingerprint density at radius 1 is 1.17 bits per heavy atom. The summed E-state index contributed by atoms with van der Waals surface area (Å²) in [6.45, 7) is 0. The molecule has 0 aliphatic heterocycles. The van der Waals surface area contributed by atoms with Crippen molar-refractivity contribution in [2.45, 2.75) is 6.42 Å². The first kappa shape index (κ1) is 12.5. The molecule has 2 aromatic carbocycles. The first-order valence-corrected chi connectivity index (χ1v) is 6.17. The molecule has 0 radical (unpaired) electrons. The van der Waals surface area contributed by atoms with E-state index < -0.39 is 0 Å². The molecule has 0 fully saturated rings. The summed E-state index contributed by atoms with van der Waals surface area (Å²) in [7, 11) is 0. The molecule has 4 heteroatoms. The van der Waals surface area contributed by atoms with Crippen molar-refractivity contribution >= 4 is 21.6 Å². The van der Waals surface area contributed by atoms with E-state index in [2.05, 4.69) is 22.0 Å². The van der Waals surface area contributed by atoms with Crippen LogP contribution in [0.2, 0.25) is 0 Å². The van der Waals surface area contributed by atoms with Crippen LogP contribution in [0.4, 0.5) is 5.69 Å². The maximum absolute atomic E-state index is 8.59. The molecule has 0 heterocycles. The number of nitrogen functional groups attached to an aromatic ring is 1. The summed E-state index contributed by atoms with van der Waals surface area (Å²) in [6, 6.07) is 14.9. The normalized spacial score (nSPS) is 9.78. The first-order chi connectivity index (χ1) is 8.69. The van der Waals surface area contributed by atoms with Gasteiger partial charge in [-0.05, 0) is 51.8 Å². The van der Waals surface area contributed by atoms with Gasteiger partial charge in [-0.25, -0.2) is 0 Å². The number of anilines is 1. The molecule has 90 valence electrons. The molecular weight excluding hydrogens is 292 g/mol. The predicted octanol–water partition coefficient (Wildman–Crippen LogP) is 3.89. The van der Waals surface area contributed by atoms with Gasteiger partial charge in [0.1, 0.15) is 11.5 Å². The quantitative estimate of drug-likeness (QED) is 0.875. The topological polar surface area (TPSA) is 59.0 Å². The third kappa shape index (κ3) is 3.02. The average molecular weight is 303 g/mol. The van der Waals surface area contributed by atoms with Gasteiger partial charge in [0, 0.05) is 5.69 Å². The van der Waals surface area contributed by atoms with E-state index in [1.165, 1.54) is 0 Å². The molecule has 0 atom stereocenters. The van der Waals surface area contributed by atoms with Gasteiger partial charge in [-0.15, -0.1) is 0 Å². The summed E-state index contributed by atoms with van der Waals surface area (Å²) in [5.74, 6) is 1.43. The molecule has 0 unspecified atom stereocenters. The van der Waals surface area contributed by atoms with Crippen LogP contribution in [0.3, 0.4) is 0 Å². The first-order valence-electron chi connectivity index (χ1n) is 5.38. The second kappa shape index (κ2) is 5.56. The van der Waals surface area contributed by atoms with Crippen molar-refractivity contribution in [1.29, 1.82) is 5.26 Å². The van der Waals surface area contributed by atoms with Gasteiger partial charge < -0.3 is 10.5 Å². The summed E-state index contributed by atoms with van der Waals surface area (Å²) >= 11 is 3.40. The van der Waals surface area contributed by atoms with Gasteiger partial charge in [0.05, 0.1) is 17.0 Å². The molecule has 2 aromatic rings. The molecule has 18 heavy (non-hydrogen) atoms. The molecule has 2 rings (SSSR count). The number of nitrogens with two attached hydrogens (primary N) is 1. The number of nitrogens with zero attached hydrogens (tertiary/aromatic N) is 1. The lowest BCUT2D eigenvalue weighted by atomic mass is 10.2. The van der Waals surface area contributed by atoms with Crippen LogP contribution >= 0.6 is 15.9 Å². The molecule has 0 aliphatic carbocycles. The third-order valence-corrected chi connectivity index (χ3v) is 3.01. The second-order valence-electron chi connectivity index (χ2n) is 3.77. The number of hydrogen-bond donors (Lipinski definition) is 1. The SMILES string of the molecule is N#CCc1ccc(Oc2ccc(N)cc2Br)cc1. The number of halogens is 1. The van der Waals surface area contributed by atoms with Crippen LogP contribution in [0.25, 0.3) is 0 Å². The summed E-state index contributed by atoms with van der Waals surface area (Å²) in [5.41, 5.74) is 7.31. The minimum absolute atomic E-state index is 0.409. The number of benzene rings is 2. The Morgan fingerprint density at radius 3 is 2.50 bits per heavy atom. The molecular formula is C14H11BrN2O. The summed E-state index contributed by atoms with van der Waals surface area (Å²) < 4.78 is 6.52. The Bertz CT molecular complexity index is 588. The lowest BCUT2D eigenvalue weighted by molar-refractivity contribution is 0.479. The lowest BCUT2D eigenvalue weighted by Gasteiger charge is -2.08. The van der Waals surface area contributed by atoms with Crippen molar-refractivity contribution in [2.24, 2.45) is 0 Å². The highest BCUT2D eigenvalue weighted by Gasteiger charge is 2.03. The standard InChI is InChI=1S/C14H11BrN2O/c15-13-9-11(17)3-6-14(13)18-12-4-1-10(2-5-12)7-8-16/h1-6,9H,7,17H2. The minimum Gasteiger partial charge on any atom is -0.456 e. The second-order valence-corrected chi connectivity index (χ2v) is 4.63. The highest BCUT2D eigenvalue weighted by Crippen LogP contribution is 2.31. The lowest BCUT2D eigenvalue weighted by Crippen LogP contribution is -1.89. The highest BCUT2D eigenvalue weighted by molar-refractivity contribution is 9.10. The van der Waals surface area contributed by atoms with Gasteiger partial charge >= 0.3 is 0 Å². The van der Waals surface area contributed by atoms with Crippen LogP contribution in [0.1, 0.15) is 5.56 Å². The summed E-state index contributed by atoms with van der Waals surface area (Å²) in [6.07, 6.45) is 0.409. The fourth-order valence-corrected chi connectivity index (χ4v) is 1.97. The van der Waals surface area contributed by atoms with Gasteiger partial charge in [0.2, 0.25) is 0 Å². The van der Waals surface area contributed by atoms with Gasteiger partial charge in [0.15, 0.2) is 0 Å². The molecule has 0 aliphatic rings. The maximum atomic E-state index is 8.59. The van der Waals surface area contributed by atoms with Crippen molar-refractivity contribution in [3.63, 3.8) is 0 Å². The predicted molar refractivity (Wildman–Crippen MR) is 74.4 cm³/mol. The molecule has 3 nitrogen and oxygen atoms in total.